The molecular formula is C26H46O4Si. The van der Waals surface area contributed by atoms with E-state index in [0.29, 0.717) is 19.8 Å². The SMILES string of the molecule is CCC[C@H]1CC[C@H](c2ccc(OCCCCC[Si](OCC)(OCC)OCC)cc2)CC1. The molecule has 1 saturated carbocycles. The van der Waals surface area contributed by atoms with Gasteiger partial charge in [0.15, 0.2) is 0 Å². The van der Waals surface area contributed by atoms with Crippen molar-refractivity contribution in [3.63, 3.8) is 0 Å². The highest BCUT2D eigenvalue weighted by molar-refractivity contribution is 6.60. The van der Waals surface area contributed by atoms with Gasteiger partial charge in [0.1, 0.15) is 5.75 Å². The fraction of sp³-hybridized carbons (Fsp3) is 0.769. The van der Waals surface area contributed by atoms with Crippen LogP contribution in [0.25, 0.3) is 0 Å². The summed E-state index contributed by atoms with van der Waals surface area (Å²) in [6.45, 7) is 11.0. The van der Waals surface area contributed by atoms with Crippen LogP contribution in [0.1, 0.15) is 97.0 Å². The summed E-state index contributed by atoms with van der Waals surface area (Å²) in [6, 6.07) is 9.77. The van der Waals surface area contributed by atoms with Gasteiger partial charge < -0.3 is 18.0 Å². The van der Waals surface area contributed by atoms with Crippen molar-refractivity contribution >= 4 is 8.80 Å². The lowest BCUT2D eigenvalue weighted by Gasteiger charge is -2.28. The average Bonchev–Trinajstić information content (AvgIpc) is 2.78. The van der Waals surface area contributed by atoms with Crippen LogP contribution in [0.4, 0.5) is 0 Å². The fourth-order valence-electron chi connectivity index (χ4n) is 4.84. The summed E-state index contributed by atoms with van der Waals surface area (Å²) in [5, 5.41) is 0. The van der Waals surface area contributed by atoms with Crippen molar-refractivity contribution in [2.75, 3.05) is 26.4 Å². The molecule has 4 nitrogen and oxygen atoms in total. The van der Waals surface area contributed by atoms with Gasteiger partial charge in [0.05, 0.1) is 6.61 Å². The maximum absolute atomic E-state index is 5.99. The van der Waals surface area contributed by atoms with E-state index in [9.17, 15) is 0 Å². The third-order valence-electron chi connectivity index (χ3n) is 6.38. The maximum atomic E-state index is 5.99. The van der Waals surface area contributed by atoms with Gasteiger partial charge in [-0.3, -0.25) is 0 Å². The van der Waals surface area contributed by atoms with Crippen molar-refractivity contribution in [2.24, 2.45) is 5.92 Å². The molecule has 0 unspecified atom stereocenters. The molecule has 5 heteroatoms. The van der Waals surface area contributed by atoms with E-state index in [2.05, 4.69) is 31.2 Å². The standard InChI is InChI=1S/C26H46O4Si/c1-5-12-23-13-15-24(16-14-23)25-17-19-26(20-18-25)27-21-10-9-11-22-31(28-6-2,29-7-3)30-8-4/h17-20,23-24H,5-16,21-22H2,1-4H3/t23-,24-. The Kier molecular flexibility index (Phi) is 12.8. The highest BCUT2D eigenvalue weighted by Crippen LogP contribution is 2.37. The zero-order valence-electron chi connectivity index (χ0n) is 20.5. The normalized spacial score (nSPS) is 19.5. The van der Waals surface area contributed by atoms with Gasteiger partial charge in [0, 0.05) is 25.9 Å². The molecule has 31 heavy (non-hydrogen) atoms. The van der Waals surface area contributed by atoms with Crippen molar-refractivity contribution in [3.05, 3.63) is 29.8 Å². The van der Waals surface area contributed by atoms with Gasteiger partial charge in [-0.25, -0.2) is 0 Å². The first kappa shape index (κ1) is 26.4. The Morgan fingerprint density at radius 1 is 0.774 bits per heavy atom. The Labute approximate surface area is 192 Å². The van der Waals surface area contributed by atoms with Crippen molar-refractivity contribution in [2.45, 2.75) is 97.4 Å². The minimum Gasteiger partial charge on any atom is -0.494 e. The lowest BCUT2D eigenvalue weighted by Crippen LogP contribution is -2.45. The molecule has 0 N–H and O–H groups in total. The summed E-state index contributed by atoms with van der Waals surface area (Å²) in [4.78, 5) is 0. The van der Waals surface area contributed by atoms with Crippen LogP contribution in [0.5, 0.6) is 5.75 Å². The van der Waals surface area contributed by atoms with Gasteiger partial charge in [-0.15, -0.1) is 0 Å². The summed E-state index contributed by atoms with van der Waals surface area (Å²) < 4.78 is 23.8. The Balaban J connectivity index is 1.66. The summed E-state index contributed by atoms with van der Waals surface area (Å²) in [5.41, 5.74) is 1.49. The van der Waals surface area contributed by atoms with Crippen molar-refractivity contribution in [1.82, 2.24) is 0 Å². The van der Waals surface area contributed by atoms with E-state index in [0.717, 1.165) is 49.5 Å². The molecule has 0 spiro atoms. The highest BCUT2D eigenvalue weighted by Gasteiger charge is 2.39. The van der Waals surface area contributed by atoms with Crippen LogP contribution in [0.3, 0.4) is 0 Å². The first-order chi connectivity index (χ1) is 15.2. The highest BCUT2D eigenvalue weighted by atomic mass is 28.4. The third-order valence-corrected chi connectivity index (χ3v) is 9.54. The zero-order valence-corrected chi connectivity index (χ0v) is 21.5. The molecule has 1 aliphatic rings. The maximum Gasteiger partial charge on any atom is 0.500 e. The molecular weight excluding hydrogens is 404 g/mol. The summed E-state index contributed by atoms with van der Waals surface area (Å²) >= 11 is 0. The number of hydrogen-bond donors (Lipinski definition) is 0. The second-order valence-electron chi connectivity index (χ2n) is 8.72. The van der Waals surface area contributed by atoms with Gasteiger partial charge in [-0.05, 0) is 88.8 Å². The van der Waals surface area contributed by atoms with Gasteiger partial charge in [0.25, 0.3) is 0 Å². The summed E-state index contributed by atoms with van der Waals surface area (Å²) in [7, 11) is -2.49. The van der Waals surface area contributed by atoms with E-state index >= 15 is 0 Å². The predicted octanol–water partition coefficient (Wildman–Crippen LogP) is 7.36. The molecule has 0 heterocycles. The quantitative estimate of drug-likeness (QED) is 0.195. The lowest BCUT2D eigenvalue weighted by molar-refractivity contribution is 0.0705. The molecule has 0 radical (unpaired) electrons. The first-order valence-electron chi connectivity index (χ1n) is 12.8. The summed E-state index contributed by atoms with van der Waals surface area (Å²) in [6.07, 6.45) is 11.4. The average molecular weight is 451 g/mol. The number of unbranched alkanes of at least 4 members (excludes halogenated alkanes) is 2. The van der Waals surface area contributed by atoms with Crippen molar-refractivity contribution < 1.29 is 18.0 Å². The van der Waals surface area contributed by atoms with E-state index in [1.54, 1.807) is 0 Å². The number of benzene rings is 1. The Hall–Kier alpha value is -0.883. The molecule has 0 atom stereocenters. The zero-order chi connectivity index (χ0) is 22.4. The van der Waals surface area contributed by atoms with Crippen LogP contribution < -0.4 is 4.74 Å². The second kappa shape index (κ2) is 15.0. The molecule has 1 aliphatic carbocycles. The fourth-order valence-corrected chi connectivity index (χ4v) is 7.53. The Bertz CT molecular complexity index is 552. The van der Waals surface area contributed by atoms with E-state index in [1.807, 2.05) is 20.8 Å². The Morgan fingerprint density at radius 2 is 1.39 bits per heavy atom. The third kappa shape index (κ3) is 9.25. The molecule has 178 valence electrons. The number of rotatable bonds is 16. The van der Waals surface area contributed by atoms with Crippen LogP contribution in [0.15, 0.2) is 24.3 Å². The molecule has 0 aromatic heterocycles. The van der Waals surface area contributed by atoms with Gasteiger partial charge in [-0.2, -0.15) is 0 Å². The van der Waals surface area contributed by atoms with Crippen LogP contribution in [-0.2, 0) is 13.3 Å². The van der Waals surface area contributed by atoms with Crippen molar-refractivity contribution in [1.29, 1.82) is 0 Å². The topological polar surface area (TPSA) is 36.9 Å². The van der Waals surface area contributed by atoms with Gasteiger partial charge in [0.2, 0.25) is 0 Å². The predicted molar refractivity (Wildman–Crippen MR) is 131 cm³/mol. The molecule has 0 amide bonds. The van der Waals surface area contributed by atoms with E-state index in [1.165, 1.54) is 44.1 Å². The molecule has 1 fully saturated rings. The van der Waals surface area contributed by atoms with Crippen LogP contribution in [0.2, 0.25) is 6.04 Å². The van der Waals surface area contributed by atoms with E-state index in [-0.39, 0.29) is 0 Å². The van der Waals surface area contributed by atoms with Crippen molar-refractivity contribution in [3.8, 4) is 5.75 Å². The monoisotopic (exact) mass is 450 g/mol. The molecule has 0 bridgehead atoms. The van der Waals surface area contributed by atoms with Crippen LogP contribution in [0, 0.1) is 5.92 Å². The minimum atomic E-state index is -2.49. The smallest absolute Gasteiger partial charge is 0.494 e. The molecule has 2 rings (SSSR count). The molecule has 1 aromatic carbocycles. The molecule has 0 aliphatic heterocycles. The lowest BCUT2D eigenvalue weighted by atomic mass is 9.77. The van der Waals surface area contributed by atoms with E-state index in [4.69, 9.17) is 18.0 Å². The minimum absolute atomic E-state index is 0.644. The molecule has 1 aromatic rings. The summed E-state index contributed by atoms with van der Waals surface area (Å²) in [5.74, 6) is 2.70. The largest absolute Gasteiger partial charge is 0.500 e. The molecule has 0 saturated heterocycles. The van der Waals surface area contributed by atoms with Gasteiger partial charge in [-0.1, -0.05) is 38.3 Å². The Morgan fingerprint density at radius 3 is 1.94 bits per heavy atom. The van der Waals surface area contributed by atoms with Gasteiger partial charge >= 0.3 is 8.80 Å². The number of ether oxygens (including phenoxy) is 1. The van der Waals surface area contributed by atoms with Crippen LogP contribution >= 0.6 is 0 Å². The van der Waals surface area contributed by atoms with Crippen LogP contribution in [-0.4, -0.2) is 35.2 Å². The number of hydrogen-bond acceptors (Lipinski definition) is 4. The first-order valence-corrected chi connectivity index (χ1v) is 14.7. The second-order valence-corrected chi connectivity index (χ2v) is 11.4. The van der Waals surface area contributed by atoms with E-state index < -0.39 is 8.80 Å².